The average molecular weight is 434 g/mol. The molecule has 0 fully saturated rings. The molecule has 0 aliphatic rings. The minimum Gasteiger partial charge on any atom is -0.444 e. The van der Waals surface area contributed by atoms with Crippen molar-refractivity contribution in [3.63, 3.8) is 0 Å². The molecule has 30 heavy (non-hydrogen) atoms. The molecule has 1 aromatic carbocycles. The number of anilines is 1. The van der Waals surface area contributed by atoms with Crippen LogP contribution in [0.4, 0.5) is 15.0 Å². The third-order valence-corrected chi connectivity index (χ3v) is 4.35. The van der Waals surface area contributed by atoms with Gasteiger partial charge in [-0.1, -0.05) is 11.6 Å². The molecule has 8 nitrogen and oxygen atoms in total. The number of nitrogens with two attached hydrogens (primary N) is 1. The van der Waals surface area contributed by atoms with Gasteiger partial charge >= 0.3 is 6.09 Å². The summed E-state index contributed by atoms with van der Waals surface area (Å²) >= 11 is 6.13. The maximum atomic E-state index is 13.9. The van der Waals surface area contributed by atoms with Crippen LogP contribution in [0.5, 0.6) is 0 Å². The van der Waals surface area contributed by atoms with Crippen LogP contribution < -0.4 is 16.6 Å². The number of ether oxygens (including phenoxy) is 1. The van der Waals surface area contributed by atoms with E-state index in [1.807, 2.05) is 0 Å². The number of nitrogen functional groups attached to an aromatic ring is 1. The van der Waals surface area contributed by atoms with Crippen molar-refractivity contribution in [2.45, 2.75) is 39.3 Å². The molecule has 10 heteroatoms. The van der Waals surface area contributed by atoms with Gasteiger partial charge < -0.3 is 15.8 Å². The highest BCUT2D eigenvalue weighted by Crippen LogP contribution is 2.24. The Morgan fingerprint density at radius 3 is 2.63 bits per heavy atom. The molecule has 1 amide bonds. The summed E-state index contributed by atoms with van der Waals surface area (Å²) < 4.78 is 20.4. The van der Waals surface area contributed by atoms with Crippen molar-refractivity contribution < 1.29 is 13.9 Å². The van der Waals surface area contributed by atoms with Crippen LogP contribution in [0.25, 0.3) is 16.6 Å². The van der Waals surface area contributed by atoms with Gasteiger partial charge in [0.25, 0.3) is 5.56 Å². The van der Waals surface area contributed by atoms with Crippen LogP contribution in [0.15, 0.2) is 35.3 Å². The van der Waals surface area contributed by atoms with E-state index in [-0.39, 0.29) is 27.6 Å². The van der Waals surface area contributed by atoms with Gasteiger partial charge in [0, 0.05) is 0 Å². The minimum atomic E-state index is -0.754. The number of alkyl carbamates (subject to hydrolysis) is 1. The van der Waals surface area contributed by atoms with Gasteiger partial charge in [0.2, 0.25) is 0 Å². The second-order valence-corrected chi connectivity index (χ2v) is 8.11. The van der Waals surface area contributed by atoms with Crippen LogP contribution in [0.1, 0.15) is 39.6 Å². The second kappa shape index (κ2) is 7.91. The lowest BCUT2D eigenvalue weighted by atomic mass is 10.2. The van der Waals surface area contributed by atoms with Crippen molar-refractivity contribution in [3.05, 3.63) is 57.5 Å². The van der Waals surface area contributed by atoms with Crippen molar-refractivity contribution in [1.82, 2.24) is 19.9 Å². The summed E-state index contributed by atoms with van der Waals surface area (Å²) in [6.45, 7) is 6.83. The number of aromatic nitrogens is 3. The van der Waals surface area contributed by atoms with Gasteiger partial charge in [-0.2, -0.15) is 0 Å². The molecule has 158 valence electrons. The summed E-state index contributed by atoms with van der Waals surface area (Å²) in [7, 11) is 0. The van der Waals surface area contributed by atoms with Crippen LogP contribution in [-0.4, -0.2) is 26.2 Å². The molecule has 3 N–H and O–H groups in total. The zero-order chi connectivity index (χ0) is 22.2. The second-order valence-electron chi connectivity index (χ2n) is 7.70. The van der Waals surface area contributed by atoms with Crippen LogP contribution in [0.3, 0.4) is 0 Å². The van der Waals surface area contributed by atoms with Crippen LogP contribution in [-0.2, 0) is 4.74 Å². The molecule has 0 unspecified atom stereocenters. The predicted octanol–water partition coefficient (Wildman–Crippen LogP) is 3.74. The van der Waals surface area contributed by atoms with Gasteiger partial charge in [0.1, 0.15) is 23.1 Å². The number of hydrogen-bond donors (Lipinski definition) is 2. The molecule has 0 aliphatic heterocycles. The van der Waals surface area contributed by atoms with E-state index >= 15 is 0 Å². The maximum absolute atomic E-state index is 13.9. The lowest BCUT2D eigenvalue weighted by Gasteiger charge is -2.23. The highest BCUT2D eigenvalue weighted by molar-refractivity contribution is 6.35. The molecule has 0 bridgehead atoms. The first-order chi connectivity index (χ1) is 14.0. The zero-order valence-electron chi connectivity index (χ0n) is 16.9. The van der Waals surface area contributed by atoms with Gasteiger partial charge in [-0.05, 0) is 52.0 Å². The monoisotopic (exact) mass is 433 g/mol. The van der Waals surface area contributed by atoms with E-state index in [1.54, 1.807) is 33.8 Å². The largest absolute Gasteiger partial charge is 0.444 e. The molecular weight excluding hydrogens is 413 g/mol. The summed E-state index contributed by atoms with van der Waals surface area (Å²) in [6, 6.07) is 4.47. The Kier molecular flexibility index (Phi) is 5.67. The minimum absolute atomic E-state index is 0.00922. The van der Waals surface area contributed by atoms with Crippen molar-refractivity contribution in [1.29, 1.82) is 0 Å². The van der Waals surface area contributed by atoms with E-state index in [4.69, 9.17) is 22.1 Å². The number of carbonyl (C=O) groups excluding carboxylic acids is 1. The summed E-state index contributed by atoms with van der Waals surface area (Å²) in [5, 5.41) is 2.62. The Morgan fingerprint density at radius 2 is 2.03 bits per heavy atom. The smallest absolute Gasteiger partial charge is 0.408 e. The van der Waals surface area contributed by atoms with Crippen LogP contribution >= 0.6 is 11.6 Å². The molecular formula is C20H21ClFN5O3. The van der Waals surface area contributed by atoms with Crippen molar-refractivity contribution in [3.8, 4) is 5.69 Å². The standard InChI is InChI=1S/C20H21ClFN5O3/c1-10(25-19(29)30-20(2,3)4)17-26-16-13(7-11(22)8-14(16)21)18(28)27(17)12-5-6-15(23)24-9-12/h5-10H,1-4H3,(H2,23,24)(H,25,29)/t10-/m0/s1. The summed E-state index contributed by atoms with van der Waals surface area (Å²) in [5.41, 5.74) is 4.83. The van der Waals surface area contributed by atoms with Gasteiger partial charge in [0.15, 0.2) is 0 Å². The fraction of sp³-hybridized carbons (Fsp3) is 0.300. The lowest BCUT2D eigenvalue weighted by molar-refractivity contribution is 0.0505. The average Bonchev–Trinajstić information content (AvgIpc) is 2.61. The van der Waals surface area contributed by atoms with Crippen LogP contribution in [0, 0.1) is 5.82 Å². The molecule has 0 aliphatic carbocycles. The van der Waals surface area contributed by atoms with Crippen molar-refractivity contribution in [2.24, 2.45) is 0 Å². The maximum Gasteiger partial charge on any atom is 0.408 e. The van der Waals surface area contributed by atoms with E-state index in [9.17, 15) is 14.0 Å². The molecule has 3 rings (SSSR count). The van der Waals surface area contributed by atoms with E-state index in [1.165, 1.54) is 16.8 Å². The van der Waals surface area contributed by atoms with E-state index in [0.29, 0.717) is 5.69 Å². The first-order valence-corrected chi connectivity index (χ1v) is 9.47. The quantitative estimate of drug-likeness (QED) is 0.650. The molecule has 0 saturated heterocycles. The molecule has 0 spiro atoms. The SMILES string of the molecule is C[C@H](NC(=O)OC(C)(C)C)c1nc2c(Cl)cc(F)cc2c(=O)n1-c1ccc(N)nc1. The first-order valence-electron chi connectivity index (χ1n) is 9.09. The fourth-order valence-corrected chi connectivity index (χ4v) is 3.10. The molecule has 1 atom stereocenters. The van der Waals surface area contributed by atoms with Gasteiger partial charge in [-0.25, -0.2) is 19.2 Å². The summed E-state index contributed by atoms with van der Waals surface area (Å²) in [6.07, 6.45) is 0.700. The Bertz CT molecular complexity index is 1170. The fourth-order valence-electron chi connectivity index (χ4n) is 2.85. The topological polar surface area (TPSA) is 112 Å². The number of amides is 1. The molecule has 3 aromatic rings. The first kappa shape index (κ1) is 21.5. The zero-order valence-corrected chi connectivity index (χ0v) is 17.6. The van der Waals surface area contributed by atoms with Gasteiger partial charge in [-0.15, -0.1) is 0 Å². The number of nitrogens with zero attached hydrogens (tertiary/aromatic N) is 3. The third kappa shape index (κ3) is 4.51. The van der Waals surface area contributed by atoms with Gasteiger partial charge in [0.05, 0.1) is 33.9 Å². The summed E-state index contributed by atoms with van der Waals surface area (Å²) in [4.78, 5) is 34.0. The number of nitrogens with one attached hydrogen (secondary N) is 1. The Balaban J connectivity index is 2.20. The Labute approximate surface area is 176 Å². The molecule has 2 aromatic heterocycles. The lowest BCUT2D eigenvalue weighted by Crippen LogP contribution is -2.37. The van der Waals surface area contributed by atoms with Crippen molar-refractivity contribution >= 4 is 34.4 Å². The van der Waals surface area contributed by atoms with Crippen molar-refractivity contribution in [2.75, 3.05) is 5.73 Å². The molecule has 0 radical (unpaired) electrons. The number of rotatable bonds is 3. The number of benzene rings is 1. The predicted molar refractivity (Wildman–Crippen MR) is 112 cm³/mol. The van der Waals surface area contributed by atoms with E-state index in [2.05, 4.69) is 15.3 Å². The Morgan fingerprint density at radius 1 is 1.33 bits per heavy atom. The van der Waals surface area contributed by atoms with Gasteiger partial charge in [-0.3, -0.25) is 9.36 Å². The third-order valence-electron chi connectivity index (χ3n) is 4.07. The van der Waals surface area contributed by atoms with E-state index < -0.39 is 29.1 Å². The normalized spacial score (nSPS) is 12.6. The highest BCUT2D eigenvalue weighted by atomic mass is 35.5. The Hall–Kier alpha value is -3.20. The number of halogens is 2. The number of fused-ring (bicyclic) bond motifs is 1. The van der Waals surface area contributed by atoms with E-state index in [0.717, 1.165) is 12.1 Å². The number of hydrogen-bond acceptors (Lipinski definition) is 6. The van der Waals surface area contributed by atoms with Crippen LogP contribution in [0.2, 0.25) is 5.02 Å². The number of carbonyl (C=O) groups is 1. The summed E-state index contributed by atoms with van der Waals surface area (Å²) in [5.74, 6) is -0.240. The molecule has 0 saturated carbocycles. The highest BCUT2D eigenvalue weighted by Gasteiger charge is 2.23. The number of pyridine rings is 1. The molecule has 2 heterocycles.